The highest BCUT2D eigenvalue weighted by atomic mass is 32.3. The van der Waals surface area contributed by atoms with E-state index in [1.54, 1.807) is 0 Å². The van der Waals surface area contributed by atoms with Gasteiger partial charge in [-0.1, -0.05) is 58.3 Å². The Kier molecular flexibility index (Phi) is 14.3. The largest absolute Gasteiger partial charge is 0.480 e. The summed E-state index contributed by atoms with van der Waals surface area (Å²) in [5.74, 6) is -1.31. The molecule has 0 fully saturated rings. The number of carbonyl (C=O) groups is 2. The normalized spacial score (nSPS) is 15.0. The molecule has 0 saturated carbocycles. The first kappa shape index (κ1) is 27.9. The van der Waals surface area contributed by atoms with Crippen LogP contribution in [0.2, 0.25) is 0 Å². The van der Waals surface area contributed by atoms with Crippen molar-refractivity contribution < 1.29 is 37.0 Å². The summed E-state index contributed by atoms with van der Waals surface area (Å²) < 4.78 is 35.2. The molecule has 0 rings (SSSR count). The van der Waals surface area contributed by atoms with E-state index in [0.717, 1.165) is 44.9 Å². The van der Waals surface area contributed by atoms with Crippen LogP contribution in [0.1, 0.15) is 90.4 Å². The van der Waals surface area contributed by atoms with Gasteiger partial charge < -0.3 is 15.9 Å². The van der Waals surface area contributed by atoms with Gasteiger partial charge in [-0.3, -0.25) is 14.1 Å². The number of aliphatic hydroxyl groups excluding tert-OH is 1. The van der Waals surface area contributed by atoms with Gasteiger partial charge in [0.1, 0.15) is 11.9 Å². The van der Waals surface area contributed by atoms with Crippen LogP contribution in [0.15, 0.2) is 0 Å². The van der Waals surface area contributed by atoms with Crippen molar-refractivity contribution in [3.63, 3.8) is 0 Å². The topological polar surface area (TPSA) is 164 Å². The zero-order chi connectivity index (χ0) is 22.3. The molecule has 0 spiro atoms. The van der Waals surface area contributed by atoms with Gasteiger partial charge in [-0.2, -0.15) is 8.42 Å². The number of nitrogens with two attached hydrogens (primary N) is 1. The van der Waals surface area contributed by atoms with Gasteiger partial charge in [0.25, 0.3) is 0 Å². The molecule has 0 aliphatic rings. The summed E-state index contributed by atoms with van der Waals surface area (Å²) in [4.78, 5) is 23.0. The molecule has 10 heteroatoms. The van der Waals surface area contributed by atoms with E-state index in [1.165, 1.54) is 6.42 Å². The fourth-order valence-electron chi connectivity index (χ4n) is 3.08. The van der Waals surface area contributed by atoms with Crippen LogP contribution in [0, 0.1) is 0 Å². The smallest absolute Gasteiger partial charge is 0.397 e. The lowest BCUT2D eigenvalue weighted by Gasteiger charge is -2.30. The number of carboxylic acid groups (broad SMARTS) is 1. The lowest BCUT2D eigenvalue weighted by atomic mass is 9.90. The number of unbranched alkanes of at least 4 members (excludes halogenated alkanes) is 8. The maximum atomic E-state index is 11.7. The number of rotatable bonds is 19. The Hall–Kier alpha value is -1.07. The molecule has 29 heavy (non-hydrogen) atoms. The number of aliphatic hydroxyl groups is 1. The summed E-state index contributed by atoms with van der Waals surface area (Å²) in [6, 6.07) is 0. The number of carboxylic acids is 1. The molecular weight excluding hydrogens is 402 g/mol. The zero-order valence-electron chi connectivity index (χ0n) is 17.3. The highest BCUT2D eigenvalue weighted by Crippen LogP contribution is 2.21. The van der Waals surface area contributed by atoms with Crippen molar-refractivity contribution >= 4 is 22.2 Å². The number of carbonyl (C=O) groups excluding carboxylic acids is 1. The molecule has 2 atom stereocenters. The maximum absolute atomic E-state index is 11.7. The number of aliphatic carboxylic acids is 1. The molecule has 9 nitrogen and oxygen atoms in total. The molecule has 0 aromatic rings. The molecule has 0 aromatic carbocycles. The van der Waals surface area contributed by atoms with Crippen LogP contribution in [0.25, 0.3) is 0 Å². The van der Waals surface area contributed by atoms with E-state index in [9.17, 15) is 23.1 Å². The molecule has 0 aliphatic carbocycles. The predicted octanol–water partition coefficient (Wildman–Crippen LogP) is 2.61. The van der Waals surface area contributed by atoms with Gasteiger partial charge in [-0.15, -0.1) is 0 Å². The zero-order valence-corrected chi connectivity index (χ0v) is 18.2. The molecular formula is C19H37NO8S. The molecule has 0 amide bonds. The SMILES string of the molecule is CCCCCCC(=O)CCCCCCCC[C@@H](OS(=O)(=O)O)[C@@](N)(CO)C(=O)O. The third-order valence-electron chi connectivity index (χ3n) is 4.95. The van der Waals surface area contributed by atoms with E-state index >= 15 is 0 Å². The highest BCUT2D eigenvalue weighted by Gasteiger charge is 2.44. The second-order valence-corrected chi connectivity index (χ2v) is 8.57. The van der Waals surface area contributed by atoms with Gasteiger partial charge in [0, 0.05) is 12.8 Å². The summed E-state index contributed by atoms with van der Waals surface area (Å²) in [6.07, 6.45) is 8.61. The van der Waals surface area contributed by atoms with E-state index < -0.39 is 34.6 Å². The van der Waals surface area contributed by atoms with Crippen molar-refractivity contribution in [2.75, 3.05) is 6.61 Å². The van der Waals surface area contributed by atoms with Gasteiger partial charge in [0.05, 0.1) is 6.61 Å². The van der Waals surface area contributed by atoms with Gasteiger partial charge in [-0.25, -0.2) is 4.18 Å². The predicted molar refractivity (Wildman–Crippen MR) is 109 cm³/mol. The Morgan fingerprint density at radius 1 is 0.966 bits per heavy atom. The average Bonchev–Trinajstić information content (AvgIpc) is 2.64. The van der Waals surface area contributed by atoms with E-state index in [0.29, 0.717) is 31.5 Å². The molecule has 0 aliphatic heterocycles. The molecule has 0 heterocycles. The Balaban J connectivity index is 4.10. The Morgan fingerprint density at radius 2 is 1.45 bits per heavy atom. The van der Waals surface area contributed by atoms with Gasteiger partial charge >= 0.3 is 16.4 Å². The minimum atomic E-state index is -4.91. The highest BCUT2D eigenvalue weighted by molar-refractivity contribution is 7.80. The Morgan fingerprint density at radius 3 is 1.90 bits per heavy atom. The standard InChI is InChI=1S/C19H37NO8S/c1-2-3-4-9-12-16(22)13-10-7-5-6-8-11-14-17(28-29(25,26)27)19(20,15-21)18(23)24/h17,21H,2-15,20H2,1H3,(H,23,24)(H,25,26,27)/t17-,19+/m1/s1. The van der Waals surface area contributed by atoms with Crippen LogP contribution in [-0.2, 0) is 24.2 Å². The van der Waals surface area contributed by atoms with Gasteiger partial charge in [-0.05, 0) is 19.3 Å². The first-order chi connectivity index (χ1) is 13.6. The van der Waals surface area contributed by atoms with Crippen molar-refractivity contribution in [3.8, 4) is 0 Å². The number of hydrogen-bond donors (Lipinski definition) is 4. The summed E-state index contributed by atoms with van der Waals surface area (Å²) in [6.45, 7) is 1.10. The van der Waals surface area contributed by atoms with Crippen LogP contribution in [0.3, 0.4) is 0 Å². The maximum Gasteiger partial charge on any atom is 0.397 e. The second-order valence-electron chi connectivity index (χ2n) is 7.53. The van der Waals surface area contributed by atoms with E-state index in [1.807, 2.05) is 0 Å². The quantitative estimate of drug-likeness (QED) is 0.175. The van der Waals surface area contributed by atoms with Crippen molar-refractivity contribution in [1.29, 1.82) is 0 Å². The van der Waals surface area contributed by atoms with Crippen LogP contribution >= 0.6 is 0 Å². The first-order valence-electron chi connectivity index (χ1n) is 10.4. The Bertz CT molecular complexity index is 581. The monoisotopic (exact) mass is 439 g/mol. The summed E-state index contributed by atoms with van der Waals surface area (Å²) in [5, 5.41) is 18.4. The molecule has 5 N–H and O–H groups in total. The van der Waals surface area contributed by atoms with Crippen molar-refractivity contribution in [2.45, 2.75) is 102 Å². The number of Topliss-reactive ketones (excluding diaryl/α,β-unsaturated/α-hetero) is 1. The third kappa shape index (κ3) is 13.0. The first-order valence-corrected chi connectivity index (χ1v) is 11.7. The second kappa shape index (κ2) is 14.8. The van der Waals surface area contributed by atoms with Crippen molar-refractivity contribution in [1.82, 2.24) is 0 Å². The van der Waals surface area contributed by atoms with E-state index in [-0.39, 0.29) is 6.42 Å². The van der Waals surface area contributed by atoms with Crippen LogP contribution in [-0.4, -0.2) is 53.2 Å². The van der Waals surface area contributed by atoms with Crippen LogP contribution in [0.4, 0.5) is 0 Å². The molecule has 0 bridgehead atoms. The van der Waals surface area contributed by atoms with Crippen LogP contribution < -0.4 is 5.73 Å². The van der Waals surface area contributed by atoms with E-state index in [4.69, 9.17) is 15.4 Å². The average molecular weight is 440 g/mol. The number of hydrogen-bond acceptors (Lipinski definition) is 7. The Labute approximate surface area is 174 Å². The van der Waals surface area contributed by atoms with Crippen molar-refractivity contribution in [3.05, 3.63) is 0 Å². The van der Waals surface area contributed by atoms with Crippen molar-refractivity contribution in [2.24, 2.45) is 5.73 Å². The molecule has 0 saturated heterocycles. The lowest BCUT2D eigenvalue weighted by Crippen LogP contribution is -2.61. The fraction of sp³-hybridized carbons (Fsp3) is 0.895. The third-order valence-corrected chi connectivity index (χ3v) is 5.43. The minimum Gasteiger partial charge on any atom is -0.480 e. The molecule has 0 aromatic heterocycles. The van der Waals surface area contributed by atoms with Gasteiger partial charge in [0.2, 0.25) is 0 Å². The van der Waals surface area contributed by atoms with E-state index in [2.05, 4.69) is 11.1 Å². The summed E-state index contributed by atoms with van der Waals surface area (Å²) >= 11 is 0. The molecule has 0 radical (unpaired) electrons. The number of ketones is 1. The minimum absolute atomic E-state index is 0.0423. The summed E-state index contributed by atoms with van der Waals surface area (Å²) in [7, 11) is -4.91. The molecule has 172 valence electrons. The van der Waals surface area contributed by atoms with Gasteiger partial charge in [0.15, 0.2) is 5.54 Å². The summed E-state index contributed by atoms with van der Waals surface area (Å²) in [5.41, 5.74) is 3.24. The molecule has 0 unspecified atom stereocenters. The fourth-order valence-corrected chi connectivity index (χ4v) is 3.64. The van der Waals surface area contributed by atoms with Crippen LogP contribution in [0.5, 0.6) is 0 Å². The lowest BCUT2D eigenvalue weighted by molar-refractivity contribution is -0.149.